The van der Waals surface area contributed by atoms with Gasteiger partial charge in [0.2, 0.25) is 0 Å². The Kier molecular flexibility index (Phi) is 4.90. The average molecular weight is 199 g/mol. The van der Waals surface area contributed by atoms with Crippen molar-refractivity contribution in [3.8, 4) is 0 Å². The van der Waals surface area contributed by atoms with Gasteiger partial charge in [-0.2, -0.15) is 0 Å². The Balaban J connectivity index is 2.25. The smallest absolute Gasteiger partial charge is 0.102 e. The van der Waals surface area contributed by atoms with E-state index in [9.17, 15) is 0 Å². The molecule has 1 aliphatic rings. The third kappa shape index (κ3) is 3.97. The Morgan fingerprint density at radius 2 is 2.07 bits per heavy atom. The normalized spacial score (nSPS) is 32.6. The monoisotopic (exact) mass is 199 g/mol. The molecule has 0 aromatic rings. The zero-order valence-electron chi connectivity index (χ0n) is 9.58. The van der Waals surface area contributed by atoms with Gasteiger partial charge in [0.15, 0.2) is 0 Å². The van der Waals surface area contributed by atoms with Crippen LogP contribution in [-0.4, -0.2) is 11.3 Å². The minimum absolute atomic E-state index is 0.613. The molecule has 0 bridgehead atoms. The van der Waals surface area contributed by atoms with Gasteiger partial charge < -0.3 is 10.8 Å². The first-order valence-corrected chi connectivity index (χ1v) is 6.03. The van der Waals surface area contributed by atoms with Crippen molar-refractivity contribution in [2.75, 3.05) is 0 Å². The highest BCUT2D eigenvalue weighted by atomic mass is 16.3. The molecule has 0 aromatic heterocycles. The molecule has 1 rings (SSSR count). The number of aliphatic hydroxyl groups is 1. The molecule has 0 aliphatic heterocycles. The molecule has 2 nitrogen and oxygen atoms in total. The number of rotatable bonds is 4. The van der Waals surface area contributed by atoms with Crippen LogP contribution in [0.15, 0.2) is 0 Å². The first-order valence-electron chi connectivity index (χ1n) is 6.03. The van der Waals surface area contributed by atoms with Crippen LogP contribution in [0.25, 0.3) is 0 Å². The first kappa shape index (κ1) is 12.0. The maximum atomic E-state index is 9.03. The van der Waals surface area contributed by atoms with Gasteiger partial charge >= 0.3 is 0 Å². The maximum Gasteiger partial charge on any atom is 0.102 e. The summed E-state index contributed by atoms with van der Waals surface area (Å²) in [7, 11) is 0. The van der Waals surface area contributed by atoms with Gasteiger partial charge in [0, 0.05) is 0 Å². The molecule has 0 spiro atoms. The highest BCUT2D eigenvalue weighted by Gasteiger charge is 2.23. The molecule has 2 heteroatoms. The molecular weight excluding hydrogens is 174 g/mol. The Morgan fingerprint density at radius 3 is 2.64 bits per heavy atom. The summed E-state index contributed by atoms with van der Waals surface area (Å²) in [6, 6.07) is 0. The molecule has 4 atom stereocenters. The summed E-state index contributed by atoms with van der Waals surface area (Å²) in [5, 5.41) is 9.03. The van der Waals surface area contributed by atoms with Crippen molar-refractivity contribution >= 4 is 0 Å². The van der Waals surface area contributed by atoms with Gasteiger partial charge in [-0.1, -0.05) is 33.1 Å². The van der Waals surface area contributed by atoms with Gasteiger partial charge in [0.05, 0.1) is 0 Å². The van der Waals surface area contributed by atoms with E-state index in [2.05, 4.69) is 13.8 Å². The van der Waals surface area contributed by atoms with E-state index in [0.717, 1.165) is 30.6 Å². The second-order valence-electron chi connectivity index (χ2n) is 5.15. The Labute approximate surface area is 87.9 Å². The largest absolute Gasteiger partial charge is 0.379 e. The molecule has 0 saturated heterocycles. The zero-order chi connectivity index (χ0) is 10.6. The topological polar surface area (TPSA) is 46.2 Å². The van der Waals surface area contributed by atoms with Crippen molar-refractivity contribution in [3.63, 3.8) is 0 Å². The standard InChI is InChI=1S/C12H25NO/c1-9-4-3-5-11(8-9)10(2)6-7-12(13)14/h9-12,14H,3-8,13H2,1-2H3. The summed E-state index contributed by atoms with van der Waals surface area (Å²) in [5.74, 6) is 2.51. The second-order valence-corrected chi connectivity index (χ2v) is 5.15. The minimum atomic E-state index is -0.613. The Hall–Kier alpha value is -0.0800. The van der Waals surface area contributed by atoms with Crippen LogP contribution >= 0.6 is 0 Å². The van der Waals surface area contributed by atoms with E-state index >= 15 is 0 Å². The number of nitrogens with two attached hydrogens (primary N) is 1. The summed E-state index contributed by atoms with van der Waals surface area (Å²) < 4.78 is 0. The second kappa shape index (κ2) is 5.72. The van der Waals surface area contributed by atoms with Gasteiger partial charge in [-0.3, -0.25) is 0 Å². The Morgan fingerprint density at radius 1 is 1.36 bits per heavy atom. The summed E-state index contributed by atoms with van der Waals surface area (Å²) in [6.45, 7) is 4.67. The maximum absolute atomic E-state index is 9.03. The molecule has 1 saturated carbocycles. The van der Waals surface area contributed by atoms with Crippen LogP contribution in [0.2, 0.25) is 0 Å². The fraction of sp³-hybridized carbons (Fsp3) is 1.00. The molecule has 84 valence electrons. The molecular formula is C12H25NO. The lowest BCUT2D eigenvalue weighted by Gasteiger charge is -2.31. The molecule has 0 aromatic carbocycles. The average Bonchev–Trinajstić information content (AvgIpc) is 2.14. The molecule has 1 fully saturated rings. The van der Waals surface area contributed by atoms with Gasteiger partial charge in [-0.25, -0.2) is 0 Å². The summed E-state index contributed by atoms with van der Waals surface area (Å²) in [5.41, 5.74) is 5.35. The highest BCUT2D eigenvalue weighted by molar-refractivity contribution is 4.75. The number of aliphatic hydroxyl groups excluding tert-OH is 1. The van der Waals surface area contributed by atoms with Crippen LogP contribution in [0.4, 0.5) is 0 Å². The zero-order valence-corrected chi connectivity index (χ0v) is 9.58. The van der Waals surface area contributed by atoms with E-state index in [-0.39, 0.29) is 0 Å². The highest BCUT2D eigenvalue weighted by Crippen LogP contribution is 2.35. The minimum Gasteiger partial charge on any atom is -0.379 e. The van der Waals surface area contributed by atoms with Crippen molar-refractivity contribution in [2.45, 2.75) is 58.6 Å². The molecule has 14 heavy (non-hydrogen) atoms. The predicted octanol–water partition coefficient (Wildman–Crippen LogP) is 2.51. The van der Waals surface area contributed by atoms with Crippen LogP contribution in [-0.2, 0) is 0 Å². The lowest BCUT2D eigenvalue weighted by atomic mass is 9.75. The summed E-state index contributed by atoms with van der Waals surface area (Å²) >= 11 is 0. The third-order valence-corrected chi connectivity index (χ3v) is 3.70. The molecule has 0 amide bonds. The fourth-order valence-corrected chi connectivity index (χ4v) is 2.67. The van der Waals surface area contributed by atoms with Gasteiger partial charge in [0.1, 0.15) is 6.23 Å². The molecule has 0 heterocycles. The number of hydrogen-bond acceptors (Lipinski definition) is 2. The van der Waals surface area contributed by atoms with Crippen LogP contribution in [0.1, 0.15) is 52.4 Å². The lowest BCUT2D eigenvalue weighted by Crippen LogP contribution is -2.23. The van der Waals surface area contributed by atoms with E-state index in [1.54, 1.807) is 0 Å². The lowest BCUT2D eigenvalue weighted by molar-refractivity contribution is 0.143. The van der Waals surface area contributed by atoms with Crippen LogP contribution in [0, 0.1) is 17.8 Å². The SMILES string of the molecule is CC1CCCC(C(C)CCC(N)O)C1. The van der Waals surface area contributed by atoms with E-state index in [4.69, 9.17) is 10.8 Å². The van der Waals surface area contributed by atoms with E-state index in [0.29, 0.717) is 0 Å². The van der Waals surface area contributed by atoms with Crippen molar-refractivity contribution in [3.05, 3.63) is 0 Å². The van der Waals surface area contributed by atoms with Crippen molar-refractivity contribution in [1.82, 2.24) is 0 Å². The summed E-state index contributed by atoms with van der Waals surface area (Å²) in [4.78, 5) is 0. The number of hydrogen-bond donors (Lipinski definition) is 2. The molecule has 4 unspecified atom stereocenters. The van der Waals surface area contributed by atoms with E-state index in [1.807, 2.05) is 0 Å². The van der Waals surface area contributed by atoms with E-state index < -0.39 is 6.23 Å². The van der Waals surface area contributed by atoms with Crippen molar-refractivity contribution in [1.29, 1.82) is 0 Å². The van der Waals surface area contributed by atoms with Crippen LogP contribution in [0.3, 0.4) is 0 Å². The molecule has 1 aliphatic carbocycles. The van der Waals surface area contributed by atoms with Crippen LogP contribution in [0.5, 0.6) is 0 Å². The molecule has 3 N–H and O–H groups in total. The predicted molar refractivity (Wildman–Crippen MR) is 59.7 cm³/mol. The molecule has 0 radical (unpaired) electrons. The van der Waals surface area contributed by atoms with Crippen LogP contribution < -0.4 is 5.73 Å². The van der Waals surface area contributed by atoms with Gasteiger partial charge in [-0.05, 0) is 37.0 Å². The fourth-order valence-electron chi connectivity index (χ4n) is 2.67. The first-order chi connectivity index (χ1) is 6.59. The van der Waals surface area contributed by atoms with Gasteiger partial charge in [-0.15, -0.1) is 0 Å². The van der Waals surface area contributed by atoms with Crippen molar-refractivity contribution in [2.24, 2.45) is 23.5 Å². The van der Waals surface area contributed by atoms with Gasteiger partial charge in [0.25, 0.3) is 0 Å². The van der Waals surface area contributed by atoms with E-state index in [1.165, 1.54) is 25.7 Å². The van der Waals surface area contributed by atoms with Crippen molar-refractivity contribution < 1.29 is 5.11 Å². The Bertz CT molecular complexity index is 158. The quantitative estimate of drug-likeness (QED) is 0.683. The third-order valence-electron chi connectivity index (χ3n) is 3.70. The summed E-state index contributed by atoms with van der Waals surface area (Å²) in [6.07, 6.45) is 6.78.